The molecular weight excluding hydrogens is 1390 g/mol. The molecule has 630 valence electrons. The number of rotatable bonds is 12. The summed E-state index contributed by atoms with van der Waals surface area (Å²) in [6.07, 6.45) is 40.1. The predicted molar refractivity (Wildman–Crippen MR) is 493 cm³/mol. The van der Waals surface area contributed by atoms with Gasteiger partial charge in [0, 0.05) is 69.5 Å². The number of likely N-dealkylation sites (tertiary alicyclic amines) is 6. The van der Waals surface area contributed by atoms with Crippen LogP contribution in [0.4, 0.5) is 0 Å². The molecule has 115 heavy (non-hydrogen) atoms. The molecule has 6 heterocycles. The minimum atomic E-state index is 0.279. The molecule has 6 saturated heterocycles. The van der Waals surface area contributed by atoms with Crippen molar-refractivity contribution in [1.82, 2.24) is 29.4 Å². The predicted octanol–water partition coefficient (Wildman–Crippen LogP) is 29.6. The Kier molecular flexibility index (Phi) is 29.1. The molecule has 12 fully saturated rings. The average molecular weight is 1560 g/mol. The monoisotopic (exact) mass is 1560 g/mol. The van der Waals surface area contributed by atoms with Crippen molar-refractivity contribution >= 4 is 0 Å². The molecule has 6 aliphatic heterocycles. The van der Waals surface area contributed by atoms with Gasteiger partial charge in [-0.25, -0.2) is 0 Å². The zero-order valence-corrected chi connectivity index (χ0v) is 76.8. The first-order chi connectivity index (χ1) is 54.8. The maximum absolute atomic E-state index is 2.73. The summed E-state index contributed by atoms with van der Waals surface area (Å²) in [6.45, 7) is 52.4. The topological polar surface area (TPSA) is 19.4 Å². The zero-order valence-electron chi connectivity index (χ0n) is 76.8. The lowest BCUT2D eigenvalue weighted by Gasteiger charge is -2.39. The summed E-state index contributed by atoms with van der Waals surface area (Å²) >= 11 is 0. The van der Waals surface area contributed by atoms with Crippen molar-refractivity contribution in [2.24, 2.45) is 5.92 Å². The zero-order chi connectivity index (χ0) is 81.6. The van der Waals surface area contributed by atoms with Crippen LogP contribution in [0, 0.1) is 5.92 Å². The van der Waals surface area contributed by atoms with Crippen molar-refractivity contribution in [2.75, 3.05) is 39.3 Å². The molecular formula is C109H164N6. The highest BCUT2D eigenvalue weighted by Gasteiger charge is 2.44. The van der Waals surface area contributed by atoms with Crippen LogP contribution in [0.25, 0.3) is 0 Å². The Morgan fingerprint density at radius 1 is 0.191 bits per heavy atom. The highest BCUT2D eigenvalue weighted by atomic mass is 15.3. The molecule has 6 aliphatic carbocycles. The van der Waals surface area contributed by atoms with Crippen LogP contribution in [-0.2, 0) is 0 Å². The van der Waals surface area contributed by atoms with Gasteiger partial charge in [-0.3, -0.25) is 29.4 Å². The van der Waals surface area contributed by atoms with E-state index in [1.165, 1.54) is 225 Å². The third-order valence-corrected chi connectivity index (χ3v) is 29.7. The van der Waals surface area contributed by atoms with Gasteiger partial charge in [0.15, 0.2) is 0 Å². The number of benzene rings is 6. The quantitative estimate of drug-likeness (QED) is 0.121. The van der Waals surface area contributed by atoms with Gasteiger partial charge in [-0.1, -0.05) is 191 Å². The lowest BCUT2D eigenvalue weighted by Crippen LogP contribution is -2.41. The van der Waals surface area contributed by atoms with Crippen LogP contribution < -0.4 is 0 Å². The Labute approximate surface area is 705 Å². The van der Waals surface area contributed by atoms with Gasteiger partial charge >= 0.3 is 0 Å². The normalized spacial score (nSPS) is 26.5. The number of hydrogen-bond acceptors (Lipinski definition) is 6. The summed E-state index contributed by atoms with van der Waals surface area (Å²) < 4.78 is 0. The summed E-state index contributed by atoms with van der Waals surface area (Å²) in [4.78, 5) is 16.3. The summed E-state index contributed by atoms with van der Waals surface area (Å²) in [6, 6.07) is 59.3. The van der Waals surface area contributed by atoms with Gasteiger partial charge in [-0.15, -0.1) is 0 Å². The number of hydrogen-bond donors (Lipinski definition) is 0. The average Bonchev–Trinajstić information content (AvgIpc) is 1.62. The van der Waals surface area contributed by atoms with E-state index in [0.717, 1.165) is 41.4 Å². The van der Waals surface area contributed by atoms with Gasteiger partial charge < -0.3 is 0 Å². The molecule has 12 aliphatic rings. The fourth-order valence-corrected chi connectivity index (χ4v) is 23.4. The maximum Gasteiger partial charge on any atom is 0.0356 e. The molecule has 6 nitrogen and oxygen atoms in total. The summed E-state index contributed by atoms with van der Waals surface area (Å²) in [5, 5.41) is 0. The van der Waals surface area contributed by atoms with Gasteiger partial charge in [0.05, 0.1) is 0 Å². The fraction of sp³-hybridized carbons (Fsp3) is 0.670. The van der Waals surface area contributed by atoms with Crippen molar-refractivity contribution in [2.45, 2.75) is 423 Å². The first kappa shape index (κ1) is 87.9. The fourth-order valence-electron chi connectivity index (χ4n) is 23.4. The van der Waals surface area contributed by atoms with Crippen molar-refractivity contribution in [1.29, 1.82) is 0 Å². The highest BCUT2D eigenvalue weighted by molar-refractivity contribution is 5.42. The van der Waals surface area contributed by atoms with Crippen LogP contribution in [0.1, 0.15) is 456 Å². The van der Waals surface area contributed by atoms with Gasteiger partial charge in [-0.05, 0) is 420 Å². The Hall–Kier alpha value is -4.92. The molecule has 6 aromatic carbocycles. The molecule has 0 aromatic heterocycles. The first-order valence-corrected chi connectivity index (χ1v) is 48.0. The van der Waals surface area contributed by atoms with Crippen molar-refractivity contribution < 1.29 is 0 Å². The summed E-state index contributed by atoms with van der Waals surface area (Å²) in [5.74, 6) is 5.95. The Balaban J connectivity index is 0.000000120. The Morgan fingerprint density at radius 3 is 0.530 bits per heavy atom. The third-order valence-electron chi connectivity index (χ3n) is 29.7. The van der Waals surface area contributed by atoms with Gasteiger partial charge in [-0.2, -0.15) is 0 Å². The molecule has 0 bridgehead atoms. The van der Waals surface area contributed by atoms with E-state index in [2.05, 4.69) is 307 Å². The molecule has 6 unspecified atom stereocenters. The minimum Gasteiger partial charge on any atom is -0.291 e. The lowest BCUT2D eigenvalue weighted by atomic mass is 9.77. The molecule has 0 radical (unpaired) electrons. The van der Waals surface area contributed by atoms with E-state index in [1.54, 1.807) is 66.8 Å². The highest BCUT2D eigenvalue weighted by Crippen LogP contribution is 2.54. The van der Waals surface area contributed by atoms with E-state index in [4.69, 9.17) is 0 Å². The van der Waals surface area contributed by atoms with Gasteiger partial charge in [0.25, 0.3) is 0 Å². The SMILES string of the molecule is CC(C)(C)N1CCCC1c1ccccc1C1CCC1.CC(C)(C)N1CCCC1c1ccccc1C1CCCC1.CC(C)(C)N1CCCC1c1ccccc1C1CCCCC1.CC(C)(C)N1CCC[C@@H]1c1ccccc1C1CC1.CC(C)(C)N1CCC[C@H]1c1ccccc1C1CC1.CC1CC1c1ccccc1C1CCCN1C(C)(C)C. The molecule has 0 amide bonds. The van der Waals surface area contributed by atoms with Crippen LogP contribution in [0.2, 0.25) is 0 Å². The van der Waals surface area contributed by atoms with Crippen LogP contribution in [0.15, 0.2) is 146 Å². The van der Waals surface area contributed by atoms with Crippen molar-refractivity contribution in [3.8, 4) is 0 Å². The second-order valence-corrected chi connectivity index (χ2v) is 44.2. The second kappa shape index (κ2) is 38.0. The van der Waals surface area contributed by atoms with Crippen molar-refractivity contribution in [3.05, 3.63) is 212 Å². The van der Waals surface area contributed by atoms with Gasteiger partial charge in [0.1, 0.15) is 0 Å². The standard InChI is InChI=1S/C20H31N.C19H29N.2C18H27N.2C17H25N/c1-20(2,3)21-15-9-14-19(21)18-13-8-7-12-17(18)16-10-5-4-6-11-16;1-19(2,3)20-14-8-13-18(20)17-12-7-6-11-16(17)15-9-4-5-10-15;1-13-12-16(13)14-8-5-6-9-15(14)17-10-7-11-19(17)18(2,3)4;1-18(2,3)19-13-7-12-17(19)16-11-5-4-10-15(16)14-8-6-9-14;2*1-17(2,3)18-12-6-9-16(18)15-8-5-4-7-14(15)13-10-11-13/h7-8,12-13,16,19H,4-6,9-11,14-15H2,1-3H3;6-7,11-12,15,18H,4-5,8-10,13-14H2,1-3H3;5-6,8-9,13,16-17H,7,10-12H2,1-4H3;4-5,10-11,14,17H,6-9,12-13H2,1-3H3;2*4-5,7-8,13,16H,6,9-12H2,1-3H3/t;;;;2*16-/m....10/s1. The van der Waals surface area contributed by atoms with Crippen LogP contribution in [0.5, 0.6) is 0 Å². The first-order valence-electron chi connectivity index (χ1n) is 48.0. The van der Waals surface area contributed by atoms with E-state index >= 15 is 0 Å². The van der Waals surface area contributed by atoms with E-state index in [-0.39, 0.29) is 33.2 Å². The van der Waals surface area contributed by atoms with E-state index < -0.39 is 0 Å². The van der Waals surface area contributed by atoms with Crippen molar-refractivity contribution in [3.63, 3.8) is 0 Å². The van der Waals surface area contributed by atoms with Crippen LogP contribution in [-0.4, -0.2) is 102 Å². The second-order valence-electron chi connectivity index (χ2n) is 44.2. The summed E-state index contributed by atoms with van der Waals surface area (Å²) in [5.41, 5.74) is 21.3. The Bertz CT molecular complexity index is 3840. The Morgan fingerprint density at radius 2 is 0.357 bits per heavy atom. The molecule has 6 aromatic rings. The smallest absolute Gasteiger partial charge is 0.0356 e. The summed E-state index contributed by atoms with van der Waals surface area (Å²) in [7, 11) is 0. The van der Waals surface area contributed by atoms with Gasteiger partial charge in [0.2, 0.25) is 0 Å². The minimum absolute atomic E-state index is 0.279. The molecule has 0 spiro atoms. The van der Waals surface area contributed by atoms with Crippen LogP contribution >= 0.6 is 0 Å². The van der Waals surface area contributed by atoms with E-state index in [1.807, 2.05) is 0 Å². The lowest BCUT2D eigenvalue weighted by molar-refractivity contribution is 0.120. The third kappa shape index (κ3) is 22.1. The molecule has 8 atom stereocenters. The maximum atomic E-state index is 2.73. The number of nitrogens with zero attached hydrogens (tertiary/aromatic N) is 6. The van der Waals surface area contributed by atoms with E-state index in [9.17, 15) is 0 Å². The van der Waals surface area contributed by atoms with Crippen LogP contribution in [0.3, 0.4) is 0 Å². The molecule has 0 N–H and O–H groups in total. The largest absolute Gasteiger partial charge is 0.291 e. The molecule has 6 saturated carbocycles. The van der Waals surface area contributed by atoms with E-state index in [0.29, 0.717) is 36.3 Å². The molecule has 18 rings (SSSR count). The molecule has 6 heteroatoms.